The molecule has 1 aromatic heterocycles. The quantitative estimate of drug-likeness (QED) is 0.163. The molecule has 1 heterocycles. The van der Waals surface area contributed by atoms with Crippen molar-refractivity contribution in [1.82, 2.24) is 5.32 Å². The zero-order chi connectivity index (χ0) is 24.6. The number of hydrogen-bond donors (Lipinski definition) is 1. The summed E-state index contributed by atoms with van der Waals surface area (Å²) in [6.07, 6.45) is 0.672. The highest BCUT2D eigenvalue weighted by atomic mass is 16.5. The SMILES string of the molecule is Cc1ccc(OCCCC(=O)Oc2ccc3cc(C(=O)NCc4ccccc4)c(=O)oc3c2)cc1. The number of carbonyl (C=O) groups excluding carboxylic acids is 2. The van der Waals surface area contributed by atoms with Crippen molar-refractivity contribution in [2.45, 2.75) is 26.3 Å². The average Bonchev–Trinajstić information content (AvgIpc) is 2.86. The summed E-state index contributed by atoms with van der Waals surface area (Å²) in [7, 11) is 0. The van der Waals surface area contributed by atoms with Crippen LogP contribution in [0, 0.1) is 6.92 Å². The molecule has 0 fully saturated rings. The monoisotopic (exact) mass is 471 g/mol. The van der Waals surface area contributed by atoms with E-state index in [-0.39, 0.29) is 23.3 Å². The van der Waals surface area contributed by atoms with E-state index in [0.29, 0.717) is 25.0 Å². The lowest BCUT2D eigenvalue weighted by atomic mass is 10.1. The zero-order valence-corrected chi connectivity index (χ0v) is 19.3. The summed E-state index contributed by atoms with van der Waals surface area (Å²) in [5.41, 5.74) is 1.43. The van der Waals surface area contributed by atoms with Gasteiger partial charge in [-0.2, -0.15) is 0 Å². The molecule has 0 radical (unpaired) electrons. The lowest BCUT2D eigenvalue weighted by Gasteiger charge is -2.08. The van der Waals surface area contributed by atoms with Crippen LogP contribution in [0.4, 0.5) is 0 Å². The molecule has 4 aromatic rings. The summed E-state index contributed by atoms with van der Waals surface area (Å²) in [6, 6.07) is 23.2. The van der Waals surface area contributed by atoms with Gasteiger partial charge in [-0.15, -0.1) is 0 Å². The number of aryl methyl sites for hydroxylation is 1. The van der Waals surface area contributed by atoms with Crippen LogP contribution in [0.15, 0.2) is 88.1 Å². The number of amides is 1. The number of ether oxygens (including phenoxy) is 2. The third-order valence-corrected chi connectivity index (χ3v) is 5.29. The first-order chi connectivity index (χ1) is 17.0. The predicted molar refractivity (Wildman–Crippen MR) is 132 cm³/mol. The Labute approximate surface area is 202 Å². The molecule has 7 heteroatoms. The van der Waals surface area contributed by atoms with Gasteiger partial charge in [0.05, 0.1) is 6.61 Å². The van der Waals surface area contributed by atoms with E-state index in [4.69, 9.17) is 13.9 Å². The molecule has 35 heavy (non-hydrogen) atoms. The Morgan fingerprint density at radius 1 is 0.914 bits per heavy atom. The maximum Gasteiger partial charge on any atom is 0.349 e. The van der Waals surface area contributed by atoms with Crippen molar-refractivity contribution in [2.75, 3.05) is 6.61 Å². The molecule has 0 aliphatic carbocycles. The molecule has 0 unspecified atom stereocenters. The number of rotatable bonds is 9. The fourth-order valence-corrected chi connectivity index (χ4v) is 3.41. The lowest BCUT2D eigenvalue weighted by molar-refractivity contribution is -0.134. The molecular formula is C28H25NO6. The van der Waals surface area contributed by atoms with Gasteiger partial charge in [-0.05, 0) is 49.2 Å². The van der Waals surface area contributed by atoms with E-state index < -0.39 is 17.5 Å². The lowest BCUT2D eigenvalue weighted by Crippen LogP contribution is -2.27. The van der Waals surface area contributed by atoms with Gasteiger partial charge >= 0.3 is 11.6 Å². The minimum Gasteiger partial charge on any atom is -0.494 e. The van der Waals surface area contributed by atoms with Crippen LogP contribution >= 0.6 is 0 Å². The Hall–Kier alpha value is -4.39. The van der Waals surface area contributed by atoms with E-state index >= 15 is 0 Å². The molecule has 4 rings (SSSR count). The number of carbonyl (C=O) groups is 2. The number of benzene rings is 3. The summed E-state index contributed by atoms with van der Waals surface area (Å²) in [5.74, 6) is 0.0667. The molecule has 7 nitrogen and oxygen atoms in total. The Morgan fingerprint density at radius 3 is 2.43 bits per heavy atom. The zero-order valence-electron chi connectivity index (χ0n) is 19.3. The highest BCUT2D eigenvalue weighted by Gasteiger charge is 2.15. The maximum atomic E-state index is 12.5. The van der Waals surface area contributed by atoms with Crippen molar-refractivity contribution in [2.24, 2.45) is 0 Å². The fourth-order valence-electron chi connectivity index (χ4n) is 3.41. The number of fused-ring (bicyclic) bond motifs is 1. The van der Waals surface area contributed by atoms with Gasteiger partial charge in [0, 0.05) is 24.4 Å². The molecule has 0 aliphatic heterocycles. The van der Waals surface area contributed by atoms with Gasteiger partial charge in [-0.1, -0.05) is 48.0 Å². The van der Waals surface area contributed by atoms with Crippen LogP contribution in [0.2, 0.25) is 0 Å². The van der Waals surface area contributed by atoms with Gasteiger partial charge in [-0.3, -0.25) is 9.59 Å². The summed E-state index contributed by atoms with van der Waals surface area (Å²) in [4.78, 5) is 37.0. The largest absolute Gasteiger partial charge is 0.494 e. The van der Waals surface area contributed by atoms with Crippen molar-refractivity contribution < 1.29 is 23.5 Å². The normalized spacial score (nSPS) is 10.7. The molecular weight excluding hydrogens is 446 g/mol. The van der Waals surface area contributed by atoms with E-state index in [9.17, 15) is 14.4 Å². The summed E-state index contributed by atoms with van der Waals surface area (Å²) < 4.78 is 16.3. The van der Waals surface area contributed by atoms with Crippen LogP contribution in [0.25, 0.3) is 11.0 Å². The highest BCUT2D eigenvalue weighted by Crippen LogP contribution is 2.21. The van der Waals surface area contributed by atoms with Crippen molar-refractivity contribution in [3.63, 3.8) is 0 Å². The third kappa shape index (κ3) is 6.57. The fraction of sp³-hybridized carbons (Fsp3) is 0.179. The Bertz CT molecular complexity index is 1380. The topological polar surface area (TPSA) is 94.8 Å². The first-order valence-corrected chi connectivity index (χ1v) is 11.3. The second kappa shape index (κ2) is 11.2. The van der Waals surface area contributed by atoms with E-state index in [1.54, 1.807) is 12.1 Å². The second-order valence-corrected chi connectivity index (χ2v) is 8.05. The van der Waals surface area contributed by atoms with Gasteiger partial charge in [0.2, 0.25) is 0 Å². The third-order valence-electron chi connectivity index (χ3n) is 5.29. The number of nitrogens with one attached hydrogen (secondary N) is 1. The summed E-state index contributed by atoms with van der Waals surface area (Å²) >= 11 is 0. The molecule has 1 N–H and O–H groups in total. The summed E-state index contributed by atoms with van der Waals surface area (Å²) in [6.45, 7) is 2.68. The molecule has 0 saturated heterocycles. The van der Waals surface area contributed by atoms with E-state index in [0.717, 1.165) is 16.9 Å². The van der Waals surface area contributed by atoms with Crippen LogP contribution in [0.5, 0.6) is 11.5 Å². The van der Waals surface area contributed by atoms with Crippen molar-refractivity contribution in [3.05, 3.63) is 106 Å². The molecule has 178 valence electrons. The van der Waals surface area contributed by atoms with Crippen LogP contribution in [0.1, 0.15) is 34.3 Å². The minimum absolute atomic E-state index is 0.0910. The molecule has 1 amide bonds. The Balaban J connectivity index is 1.32. The Morgan fingerprint density at radius 2 is 1.66 bits per heavy atom. The Kier molecular flexibility index (Phi) is 7.57. The molecule has 0 atom stereocenters. The van der Waals surface area contributed by atoms with Crippen LogP contribution < -0.4 is 20.4 Å². The molecule has 3 aromatic carbocycles. The summed E-state index contributed by atoms with van der Waals surface area (Å²) in [5, 5.41) is 3.26. The van der Waals surface area contributed by atoms with E-state index in [1.807, 2.05) is 61.5 Å². The van der Waals surface area contributed by atoms with Gasteiger partial charge in [0.1, 0.15) is 22.6 Å². The van der Waals surface area contributed by atoms with E-state index in [1.165, 1.54) is 12.1 Å². The van der Waals surface area contributed by atoms with E-state index in [2.05, 4.69) is 5.32 Å². The maximum absolute atomic E-state index is 12.5. The van der Waals surface area contributed by atoms with Crippen LogP contribution in [-0.2, 0) is 11.3 Å². The molecule has 0 spiro atoms. The highest BCUT2D eigenvalue weighted by molar-refractivity contribution is 5.96. The molecule has 0 aliphatic rings. The van der Waals surface area contributed by atoms with Gasteiger partial charge in [0.25, 0.3) is 5.91 Å². The van der Waals surface area contributed by atoms with Gasteiger partial charge in [-0.25, -0.2) is 4.79 Å². The predicted octanol–water partition coefficient (Wildman–Crippen LogP) is 4.80. The first-order valence-electron chi connectivity index (χ1n) is 11.3. The molecule has 0 saturated carbocycles. The van der Waals surface area contributed by atoms with Crippen molar-refractivity contribution in [3.8, 4) is 11.5 Å². The average molecular weight is 472 g/mol. The van der Waals surface area contributed by atoms with Crippen LogP contribution in [0.3, 0.4) is 0 Å². The first kappa shape index (κ1) is 23.8. The van der Waals surface area contributed by atoms with Gasteiger partial charge in [0.15, 0.2) is 0 Å². The minimum atomic E-state index is -0.764. The van der Waals surface area contributed by atoms with Crippen LogP contribution in [-0.4, -0.2) is 18.5 Å². The second-order valence-electron chi connectivity index (χ2n) is 8.05. The molecule has 0 bridgehead atoms. The van der Waals surface area contributed by atoms with Crippen molar-refractivity contribution >= 4 is 22.8 Å². The number of esters is 1. The van der Waals surface area contributed by atoms with Crippen molar-refractivity contribution in [1.29, 1.82) is 0 Å². The standard InChI is InChI=1S/C28H25NO6/c1-19-9-12-22(13-10-19)33-15-5-8-26(30)34-23-14-11-21-16-24(28(32)35-25(21)17-23)27(31)29-18-20-6-3-2-4-7-20/h2-4,6-7,9-14,16-17H,5,8,15,18H2,1H3,(H,29,31). The smallest absolute Gasteiger partial charge is 0.349 e. The van der Waals surface area contributed by atoms with Gasteiger partial charge < -0.3 is 19.2 Å². The number of hydrogen-bond acceptors (Lipinski definition) is 6.